The Bertz CT molecular complexity index is 1160. The van der Waals surface area contributed by atoms with Crippen LogP contribution in [0.15, 0.2) is 48.5 Å². The fraction of sp³-hybridized carbons (Fsp3) is 0.423. The van der Waals surface area contributed by atoms with Gasteiger partial charge in [0.1, 0.15) is 12.6 Å². The number of Topliss-reactive ketones (excluding diaryl/α,β-unsaturated/α-hetero) is 1. The van der Waals surface area contributed by atoms with Crippen molar-refractivity contribution < 1.29 is 22.8 Å². The summed E-state index contributed by atoms with van der Waals surface area (Å²) in [5.41, 5.74) is 2.39. The van der Waals surface area contributed by atoms with E-state index < -0.39 is 28.5 Å². The first-order valence-electron chi connectivity index (χ1n) is 11.7. The van der Waals surface area contributed by atoms with Crippen LogP contribution in [0.4, 0.5) is 5.69 Å². The summed E-state index contributed by atoms with van der Waals surface area (Å²) in [7, 11) is -3.86. The van der Waals surface area contributed by atoms with Crippen LogP contribution in [0.5, 0.6) is 0 Å². The number of hydrogen-bond donors (Lipinski definition) is 1. The van der Waals surface area contributed by atoms with E-state index in [2.05, 4.69) is 5.32 Å². The second kappa shape index (κ2) is 12.5. The number of sulfonamides is 1. The van der Waals surface area contributed by atoms with Crippen LogP contribution in [0.2, 0.25) is 0 Å². The lowest BCUT2D eigenvalue weighted by Gasteiger charge is -2.31. The van der Waals surface area contributed by atoms with E-state index >= 15 is 0 Å². The monoisotopic (exact) mass is 501 g/mol. The smallest absolute Gasteiger partial charge is 0.244 e. The summed E-state index contributed by atoms with van der Waals surface area (Å²) >= 11 is 0. The number of anilines is 1. The molecule has 0 radical (unpaired) electrons. The number of carbonyl (C=O) groups excluding carboxylic acids is 3. The van der Waals surface area contributed by atoms with Crippen LogP contribution in [0, 0.1) is 6.92 Å². The van der Waals surface area contributed by atoms with Crippen LogP contribution in [0.1, 0.15) is 55.1 Å². The highest BCUT2D eigenvalue weighted by Crippen LogP contribution is 2.21. The zero-order valence-electron chi connectivity index (χ0n) is 21.1. The molecule has 2 rings (SSSR count). The summed E-state index contributed by atoms with van der Waals surface area (Å²) in [5, 5.41) is 2.85. The second-order valence-corrected chi connectivity index (χ2v) is 10.6. The largest absolute Gasteiger partial charge is 0.354 e. The third-order valence-corrected chi connectivity index (χ3v) is 6.79. The topological polar surface area (TPSA) is 104 Å². The van der Waals surface area contributed by atoms with Gasteiger partial charge in [-0.3, -0.25) is 18.7 Å². The Morgan fingerprint density at radius 1 is 1.06 bits per heavy atom. The average Bonchev–Trinajstić information content (AvgIpc) is 2.79. The lowest BCUT2D eigenvalue weighted by molar-refractivity contribution is -0.139. The van der Waals surface area contributed by atoms with Crippen molar-refractivity contribution in [1.82, 2.24) is 10.2 Å². The standard InChI is InChI=1S/C26H35N3O5S/c1-6-7-14-27-26(32)20(3)28(17-22-11-8-10-19(2)15-22)25(31)18-29(35(5,33)34)24-13-9-12-23(16-24)21(4)30/h8-13,15-16,20H,6-7,14,17-18H2,1-5H3,(H,27,32)/t20-/m1/s1. The molecule has 0 heterocycles. The van der Waals surface area contributed by atoms with Crippen LogP contribution in [0.3, 0.4) is 0 Å². The molecule has 2 aromatic rings. The molecule has 35 heavy (non-hydrogen) atoms. The van der Waals surface area contributed by atoms with E-state index in [4.69, 9.17) is 0 Å². The summed E-state index contributed by atoms with van der Waals surface area (Å²) in [6.45, 7) is 7.12. The molecule has 2 amide bonds. The summed E-state index contributed by atoms with van der Waals surface area (Å²) < 4.78 is 26.3. The van der Waals surface area contributed by atoms with E-state index in [9.17, 15) is 22.8 Å². The normalized spacial score (nSPS) is 12.0. The zero-order valence-corrected chi connectivity index (χ0v) is 21.9. The Balaban J connectivity index is 2.39. The van der Waals surface area contributed by atoms with Crippen molar-refractivity contribution in [3.8, 4) is 0 Å². The first-order valence-corrected chi connectivity index (χ1v) is 13.5. The number of nitrogens with one attached hydrogen (secondary N) is 1. The highest BCUT2D eigenvalue weighted by molar-refractivity contribution is 7.92. The van der Waals surface area contributed by atoms with E-state index in [0.717, 1.165) is 34.5 Å². The van der Waals surface area contributed by atoms with Crippen molar-refractivity contribution in [2.75, 3.05) is 23.7 Å². The molecule has 0 aliphatic rings. The molecule has 0 fully saturated rings. The number of ketones is 1. The van der Waals surface area contributed by atoms with Gasteiger partial charge in [0.25, 0.3) is 0 Å². The molecule has 0 bridgehead atoms. The lowest BCUT2D eigenvalue weighted by Crippen LogP contribution is -2.51. The van der Waals surface area contributed by atoms with Crippen molar-refractivity contribution in [2.24, 2.45) is 0 Å². The van der Waals surface area contributed by atoms with Crippen molar-refractivity contribution in [3.63, 3.8) is 0 Å². The number of nitrogens with zero attached hydrogens (tertiary/aromatic N) is 2. The van der Waals surface area contributed by atoms with Gasteiger partial charge in [0.15, 0.2) is 5.78 Å². The number of unbranched alkanes of at least 4 members (excludes halogenated alkanes) is 1. The predicted molar refractivity (Wildman–Crippen MR) is 138 cm³/mol. The molecule has 0 aliphatic heterocycles. The highest BCUT2D eigenvalue weighted by atomic mass is 32.2. The van der Waals surface area contributed by atoms with E-state index in [0.29, 0.717) is 12.1 Å². The lowest BCUT2D eigenvalue weighted by atomic mass is 10.1. The van der Waals surface area contributed by atoms with Crippen molar-refractivity contribution in [2.45, 2.75) is 53.1 Å². The number of amides is 2. The number of hydrogen-bond acceptors (Lipinski definition) is 5. The zero-order chi connectivity index (χ0) is 26.2. The molecule has 0 aliphatic carbocycles. The quantitative estimate of drug-likeness (QED) is 0.355. The maximum Gasteiger partial charge on any atom is 0.244 e. The summed E-state index contributed by atoms with van der Waals surface area (Å²) in [6, 6.07) is 12.9. The maximum atomic E-state index is 13.5. The van der Waals surface area contributed by atoms with Gasteiger partial charge in [0, 0.05) is 18.7 Å². The predicted octanol–water partition coefficient (Wildman–Crippen LogP) is 3.30. The molecule has 1 N–H and O–H groups in total. The molecule has 1 atom stereocenters. The summed E-state index contributed by atoms with van der Waals surface area (Å²) in [5.74, 6) is -1.04. The van der Waals surface area contributed by atoms with E-state index in [1.54, 1.807) is 19.1 Å². The molecular formula is C26H35N3O5S. The van der Waals surface area contributed by atoms with E-state index in [-0.39, 0.29) is 23.9 Å². The molecule has 8 nitrogen and oxygen atoms in total. The fourth-order valence-electron chi connectivity index (χ4n) is 3.62. The second-order valence-electron chi connectivity index (χ2n) is 8.71. The third-order valence-electron chi connectivity index (χ3n) is 5.65. The van der Waals surface area contributed by atoms with Crippen LogP contribution in [-0.4, -0.2) is 56.3 Å². The molecular weight excluding hydrogens is 466 g/mol. The number of carbonyl (C=O) groups is 3. The van der Waals surface area contributed by atoms with Gasteiger partial charge in [0.2, 0.25) is 21.8 Å². The van der Waals surface area contributed by atoms with Crippen LogP contribution >= 0.6 is 0 Å². The van der Waals surface area contributed by atoms with Crippen LogP contribution < -0.4 is 9.62 Å². The minimum atomic E-state index is -3.86. The average molecular weight is 502 g/mol. The number of benzene rings is 2. The van der Waals surface area contributed by atoms with Crippen molar-refractivity contribution >= 4 is 33.3 Å². The van der Waals surface area contributed by atoms with Gasteiger partial charge in [-0.25, -0.2) is 8.42 Å². The van der Waals surface area contributed by atoms with E-state index in [1.165, 1.54) is 24.0 Å². The minimum Gasteiger partial charge on any atom is -0.354 e. The fourth-order valence-corrected chi connectivity index (χ4v) is 4.46. The molecule has 190 valence electrons. The Labute approximate surface area is 208 Å². The molecule has 9 heteroatoms. The number of rotatable bonds is 12. The van der Waals surface area contributed by atoms with Gasteiger partial charge in [-0.15, -0.1) is 0 Å². The third kappa shape index (κ3) is 8.20. The van der Waals surface area contributed by atoms with Gasteiger partial charge in [-0.2, -0.15) is 0 Å². The van der Waals surface area contributed by atoms with Crippen LogP contribution in [0.25, 0.3) is 0 Å². The summed E-state index contributed by atoms with van der Waals surface area (Å²) in [6.07, 6.45) is 2.74. The van der Waals surface area contributed by atoms with Crippen molar-refractivity contribution in [3.05, 3.63) is 65.2 Å². The Morgan fingerprint density at radius 3 is 2.34 bits per heavy atom. The molecule has 2 aromatic carbocycles. The Morgan fingerprint density at radius 2 is 1.74 bits per heavy atom. The SMILES string of the molecule is CCCCNC(=O)[C@@H](C)N(Cc1cccc(C)c1)C(=O)CN(c1cccc(C(C)=O)c1)S(C)(=O)=O. The molecule has 0 spiro atoms. The maximum absolute atomic E-state index is 13.5. The first kappa shape index (κ1) is 28.0. The van der Waals surface area contributed by atoms with Gasteiger partial charge in [-0.1, -0.05) is 55.3 Å². The Kier molecular flexibility index (Phi) is 10.0. The van der Waals surface area contributed by atoms with Crippen LogP contribution in [-0.2, 0) is 26.2 Å². The Hall–Kier alpha value is -3.20. The number of aryl methyl sites for hydroxylation is 1. The summed E-state index contributed by atoms with van der Waals surface area (Å²) in [4.78, 5) is 39.6. The van der Waals surface area contributed by atoms with Gasteiger partial charge in [0.05, 0.1) is 11.9 Å². The van der Waals surface area contributed by atoms with Crippen molar-refractivity contribution in [1.29, 1.82) is 0 Å². The van der Waals surface area contributed by atoms with E-state index in [1.807, 2.05) is 38.1 Å². The molecule has 0 saturated heterocycles. The molecule has 0 saturated carbocycles. The molecule has 0 aromatic heterocycles. The first-order chi connectivity index (χ1) is 16.4. The van der Waals surface area contributed by atoms with Gasteiger partial charge in [-0.05, 0) is 44.9 Å². The van der Waals surface area contributed by atoms with Gasteiger partial charge < -0.3 is 10.2 Å². The minimum absolute atomic E-state index is 0.147. The highest BCUT2D eigenvalue weighted by Gasteiger charge is 2.30. The molecule has 0 unspecified atom stereocenters. The van der Waals surface area contributed by atoms with Gasteiger partial charge >= 0.3 is 0 Å².